The summed E-state index contributed by atoms with van der Waals surface area (Å²) in [6.45, 7) is 5.91. The Kier molecular flexibility index (Phi) is 28.2. The predicted octanol–water partition coefficient (Wildman–Crippen LogP) is 20.7. The number of carbonyl (C=O) groups excluding carboxylic acids is 2. The fourth-order valence-corrected chi connectivity index (χ4v) is 10.3. The van der Waals surface area contributed by atoms with Crippen molar-refractivity contribution < 1.29 is 28.5 Å². The standard InChI is InChI=1S/C73H91N3O6/c1-3-5-7-9-11-13-15-17-19-21-23-25-27-29-54-79-64-44-38-60(39-45-64)72(77)81-66-48-34-58(35-49-66)62-42-52-68(74-56-62)70-32-31-33-71(76-70)69-53-43-63(57-75-69)59-36-50-67(51-37-59)82-73(78)61-40-46-65(47-41-61)80-55-30-28-26-24-22-20-18-16-14-12-10-8-6-4-2/h31-53,56-57H,3-30,54-55H2,1-2H3. The van der Waals surface area contributed by atoms with Gasteiger partial charge in [-0.05, 0) is 121 Å². The number of esters is 2. The lowest BCUT2D eigenvalue weighted by atomic mass is 10.0. The van der Waals surface area contributed by atoms with Crippen LogP contribution in [0, 0.1) is 0 Å². The lowest BCUT2D eigenvalue weighted by molar-refractivity contribution is 0.0725. The molecule has 3 aromatic heterocycles. The zero-order valence-electron chi connectivity index (χ0n) is 49.4. The minimum Gasteiger partial charge on any atom is -0.494 e. The summed E-state index contributed by atoms with van der Waals surface area (Å²) in [7, 11) is 0. The van der Waals surface area contributed by atoms with Crippen LogP contribution in [0.3, 0.4) is 0 Å². The summed E-state index contributed by atoms with van der Waals surface area (Å²) in [4.78, 5) is 40.4. The Labute approximate surface area is 491 Å². The molecule has 7 aromatic rings. The minimum absolute atomic E-state index is 0.418. The zero-order valence-corrected chi connectivity index (χ0v) is 49.4. The molecule has 0 atom stereocenters. The van der Waals surface area contributed by atoms with E-state index in [0.29, 0.717) is 35.8 Å². The second kappa shape index (κ2) is 37.1. The molecule has 4 aromatic carbocycles. The molecule has 9 heteroatoms. The lowest BCUT2D eigenvalue weighted by Crippen LogP contribution is -2.08. The van der Waals surface area contributed by atoms with Crippen molar-refractivity contribution in [3.63, 3.8) is 0 Å². The number of benzene rings is 4. The van der Waals surface area contributed by atoms with Crippen LogP contribution in [0.5, 0.6) is 23.0 Å². The van der Waals surface area contributed by atoms with Crippen molar-refractivity contribution in [1.29, 1.82) is 0 Å². The molecule has 0 bridgehead atoms. The van der Waals surface area contributed by atoms with E-state index in [9.17, 15) is 9.59 Å². The molecule has 0 saturated heterocycles. The van der Waals surface area contributed by atoms with Crippen LogP contribution in [0.15, 0.2) is 152 Å². The van der Waals surface area contributed by atoms with Crippen LogP contribution in [0.2, 0.25) is 0 Å². The molecule has 82 heavy (non-hydrogen) atoms. The van der Waals surface area contributed by atoms with Gasteiger partial charge in [0.15, 0.2) is 0 Å². The van der Waals surface area contributed by atoms with Crippen molar-refractivity contribution in [2.45, 2.75) is 194 Å². The van der Waals surface area contributed by atoms with E-state index in [1.54, 1.807) is 48.5 Å². The van der Waals surface area contributed by atoms with Crippen molar-refractivity contribution in [1.82, 2.24) is 15.0 Å². The van der Waals surface area contributed by atoms with Gasteiger partial charge in [0.1, 0.15) is 23.0 Å². The largest absolute Gasteiger partial charge is 0.494 e. The second-order valence-electron chi connectivity index (χ2n) is 22.0. The quantitative estimate of drug-likeness (QED) is 0.0211. The number of ether oxygens (including phenoxy) is 4. The van der Waals surface area contributed by atoms with Crippen LogP contribution in [-0.2, 0) is 0 Å². The highest BCUT2D eigenvalue weighted by Crippen LogP contribution is 2.29. The van der Waals surface area contributed by atoms with Gasteiger partial charge < -0.3 is 18.9 Å². The van der Waals surface area contributed by atoms with E-state index in [4.69, 9.17) is 33.9 Å². The lowest BCUT2D eigenvalue weighted by Gasteiger charge is -2.09. The molecule has 0 fully saturated rings. The summed E-state index contributed by atoms with van der Waals surface area (Å²) in [5.41, 5.74) is 7.59. The first-order chi connectivity index (χ1) is 40.4. The van der Waals surface area contributed by atoms with Crippen molar-refractivity contribution in [2.24, 2.45) is 0 Å². The van der Waals surface area contributed by atoms with Gasteiger partial charge in [-0.25, -0.2) is 14.6 Å². The topological polar surface area (TPSA) is 110 Å². The maximum atomic E-state index is 13.0. The van der Waals surface area contributed by atoms with Gasteiger partial charge in [-0.1, -0.05) is 223 Å². The molecule has 0 aliphatic heterocycles. The van der Waals surface area contributed by atoms with Crippen LogP contribution in [0.25, 0.3) is 45.0 Å². The van der Waals surface area contributed by atoms with Crippen molar-refractivity contribution in [2.75, 3.05) is 13.2 Å². The van der Waals surface area contributed by atoms with Crippen LogP contribution in [0.1, 0.15) is 214 Å². The molecule has 434 valence electrons. The van der Waals surface area contributed by atoms with E-state index < -0.39 is 11.9 Å². The van der Waals surface area contributed by atoms with Crippen LogP contribution < -0.4 is 18.9 Å². The Morgan fingerprint density at radius 2 is 0.598 bits per heavy atom. The number of nitrogens with zero attached hydrogens (tertiary/aromatic N) is 3. The third-order valence-corrected chi connectivity index (χ3v) is 15.3. The smallest absolute Gasteiger partial charge is 0.343 e. The molecule has 0 unspecified atom stereocenters. The highest BCUT2D eigenvalue weighted by molar-refractivity contribution is 5.92. The summed E-state index contributed by atoms with van der Waals surface area (Å²) in [5, 5.41) is 0. The van der Waals surface area contributed by atoms with E-state index >= 15 is 0 Å². The SMILES string of the molecule is CCCCCCCCCCCCCCCCOc1ccc(C(=O)Oc2ccc(-c3ccc(-c4cccc(-c5ccc(-c6ccc(OC(=O)c7ccc(OCCCCCCCCCCCCCCCC)cc7)cc6)cn5)n4)nc3)cc2)cc1. The zero-order chi connectivity index (χ0) is 57.1. The molecule has 0 radical (unpaired) electrons. The third-order valence-electron chi connectivity index (χ3n) is 15.3. The Morgan fingerprint density at radius 3 is 0.902 bits per heavy atom. The Morgan fingerprint density at radius 1 is 0.305 bits per heavy atom. The predicted molar refractivity (Wildman–Crippen MR) is 336 cm³/mol. The van der Waals surface area contributed by atoms with Gasteiger partial charge in [-0.15, -0.1) is 0 Å². The van der Waals surface area contributed by atoms with Crippen molar-refractivity contribution in [3.05, 3.63) is 163 Å². The monoisotopic (exact) mass is 1110 g/mol. The van der Waals surface area contributed by atoms with Gasteiger partial charge in [0, 0.05) is 23.5 Å². The van der Waals surface area contributed by atoms with Gasteiger partial charge in [0.25, 0.3) is 0 Å². The molecule has 0 N–H and O–H groups in total. The normalized spacial score (nSPS) is 11.1. The highest BCUT2D eigenvalue weighted by Gasteiger charge is 2.13. The Hall–Kier alpha value is -7.13. The number of rotatable bonds is 40. The number of pyridine rings is 3. The summed E-state index contributed by atoms with van der Waals surface area (Å²) in [6, 6.07) is 43.0. The first-order valence-electron chi connectivity index (χ1n) is 31.5. The van der Waals surface area contributed by atoms with E-state index in [1.165, 1.54) is 167 Å². The molecule has 0 amide bonds. The average molecular weight is 1110 g/mol. The van der Waals surface area contributed by atoms with Gasteiger partial charge in [0.05, 0.1) is 47.1 Å². The molecule has 0 aliphatic rings. The maximum Gasteiger partial charge on any atom is 0.343 e. The van der Waals surface area contributed by atoms with Gasteiger partial charge >= 0.3 is 11.9 Å². The summed E-state index contributed by atoms with van der Waals surface area (Å²) < 4.78 is 23.3. The number of hydrogen-bond donors (Lipinski definition) is 0. The number of carbonyl (C=O) groups is 2. The van der Waals surface area contributed by atoms with E-state index in [1.807, 2.05) is 103 Å². The number of unbranched alkanes of at least 4 members (excludes halogenated alkanes) is 26. The van der Waals surface area contributed by atoms with Crippen LogP contribution in [-0.4, -0.2) is 40.1 Å². The summed E-state index contributed by atoms with van der Waals surface area (Å²) >= 11 is 0. The molecule has 7 rings (SSSR count). The van der Waals surface area contributed by atoms with E-state index in [-0.39, 0.29) is 0 Å². The number of hydrogen-bond acceptors (Lipinski definition) is 9. The molecule has 9 nitrogen and oxygen atoms in total. The minimum atomic E-state index is -0.418. The van der Waals surface area contributed by atoms with Gasteiger partial charge in [-0.3, -0.25) is 9.97 Å². The molecule has 0 saturated carbocycles. The van der Waals surface area contributed by atoms with E-state index in [2.05, 4.69) is 13.8 Å². The van der Waals surface area contributed by atoms with Gasteiger partial charge in [-0.2, -0.15) is 0 Å². The summed E-state index contributed by atoms with van der Waals surface area (Å²) in [6.07, 6.45) is 40.9. The molecule has 0 spiro atoms. The summed E-state index contributed by atoms with van der Waals surface area (Å²) in [5.74, 6) is 1.61. The highest BCUT2D eigenvalue weighted by atomic mass is 16.5. The van der Waals surface area contributed by atoms with Crippen LogP contribution >= 0.6 is 0 Å². The molecular formula is C73H91N3O6. The molecule has 3 heterocycles. The first kappa shape index (κ1) is 62.5. The second-order valence-corrected chi connectivity index (χ2v) is 22.0. The number of aromatic nitrogens is 3. The third kappa shape index (κ3) is 22.7. The van der Waals surface area contributed by atoms with Gasteiger partial charge in [0.2, 0.25) is 0 Å². The molecular weight excluding hydrogens is 1010 g/mol. The Bertz CT molecular complexity index is 2660. The maximum absolute atomic E-state index is 13.0. The Balaban J connectivity index is 0.769. The fourth-order valence-electron chi connectivity index (χ4n) is 10.3. The fraction of sp³-hybridized carbons (Fsp3) is 0.438. The average Bonchev–Trinajstić information content (AvgIpc) is 3.53. The van der Waals surface area contributed by atoms with E-state index in [0.717, 1.165) is 69.4 Å². The van der Waals surface area contributed by atoms with Crippen molar-refractivity contribution >= 4 is 11.9 Å². The van der Waals surface area contributed by atoms with Crippen molar-refractivity contribution in [3.8, 4) is 68.0 Å². The first-order valence-corrected chi connectivity index (χ1v) is 31.5. The van der Waals surface area contributed by atoms with Crippen LogP contribution in [0.4, 0.5) is 0 Å². The molecule has 0 aliphatic carbocycles.